The van der Waals surface area contributed by atoms with E-state index in [2.05, 4.69) is 49.1 Å². The summed E-state index contributed by atoms with van der Waals surface area (Å²) in [5.74, 6) is 3.55. The van der Waals surface area contributed by atoms with Crippen molar-refractivity contribution in [3.05, 3.63) is 59.7 Å². The van der Waals surface area contributed by atoms with E-state index in [1.165, 1.54) is 44.9 Å². The zero-order valence-electron chi connectivity index (χ0n) is 34.6. The Morgan fingerprint density at radius 1 is 0.821 bits per heavy atom. The zero-order valence-corrected chi connectivity index (χ0v) is 34.6. The Morgan fingerprint density at radius 3 is 2.20 bits per heavy atom. The molecule has 9 unspecified atom stereocenters. The quantitative estimate of drug-likeness (QED) is 0.185. The van der Waals surface area contributed by atoms with Gasteiger partial charge in [0, 0.05) is 47.4 Å². The number of nitrogens with zero attached hydrogens (tertiary/aromatic N) is 1. The molecular formula is C50H71NO5. The van der Waals surface area contributed by atoms with Gasteiger partial charge >= 0.3 is 0 Å². The highest BCUT2D eigenvalue weighted by Gasteiger charge is 2.74. The molecule has 0 radical (unpaired) electrons. The van der Waals surface area contributed by atoms with E-state index in [0.717, 1.165) is 106 Å². The fourth-order valence-electron chi connectivity index (χ4n) is 17.0. The number of carbonyl (C=O) groups is 1. The third-order valence-electron chi connectivity index (χ3n) is 19.1. The average molecular weight is 766 g/mol. The fraction of sp³-hybridized carbons (Fsp3) is 0.780. The van der Waals surface area contributed by atoms with Crippen molar-refractivity contribution in [3.8, 4) is 0 Å². The first-order valence-electron chi connectivity index (χ1n) is 23.3. The van der Waals surface area contributed by atoms with Gasteiger partial charge < -0.3 is 20.1 Å². The largest absolute Gasteiger partial charge is 0.393 e. The summed E-state index contributed by atoms with van der Waals surface area (Å²) in [6.45, 7) is 7.72. The number of Topliss-reactive ketones (excluding diaryl/α,β-unsaturated/α-hetero) is 1. The van der Waals surface area contributed by atoms with Crippen LogP contribution >= 0.6 is 0 Å². The second-order valence-electron chi connectivity index (χ2n) is 22.3. The minimum absolute atomic E-state index is 0.00619. The number of aliphatic hydroxyl groups excluding tert-OH is 2. The lowest BCUT2D eigenvalue weighted by molar-refractivity contribution is -0.182. The number of allylic oxidation sites excluding steroid dienone is 4. The minimum atomic E-state index is -0.924. The van der Waals surface area contributed by atoms with Crippen molar-refractivity contribution in [1.29, 1.82) is 0 Å². The Labute approximate surface area is 336 Å². The molecule has 11 aliphatic rings. The fourth-order valence-corrected chi connectivity index (χ4v) is 17.0. The molecule has 306 valence electrons. The molecule has 0 saturated heterocycles. The topological polar surface area (TPSA) is 90.2 Å². The van der Waals surface area contributed by atoms with Crippen LogP contribution in [-0.2, 0) is 16.1 Å². The van der Waals surface area contributed by atoms with Gasteiger partial charge in [0.25, 0.3) is 0 Å². The Kier molecular flexibility index (Phi) is 9.50. The molecule has 2 spiro atoms. The van der Waals surface area contributed by atoms with E-state index in [0.29, 0.717) is 31.4 Å². The van der Waals surface area contributed by atoms with Gasteiger partial charge in [-0.15, -0.1) is 0 Å². The van der Waals surface area contributed by atoms with Gasteiger partial charge in [-0.2, -0.15) is 0 Å². The number of aliphatic hydroxyl groups is 3. The number of benzene rings is 1. The van der Waals surface area contributed by atoms with Crippen LogP contribution in [0, 0.1) is 62.6 Å². The number of carbonyl (C=O) groups excluding carboxylic acids is 1. The van der Waals surface area contributed by atoms with Crippen molar-refractivity contribution >= 4 is 5.78 Å². The van der Waals surface area contributed by atoms with Crippen molar-refractivity contribution in [2.45, 2.75) is 154 Å². The van der Waals surface area contributed by atoms with E-state index < -0.39 is 11.7 Å². The summed E-state index contributed by atoms with van der Waals surface area (Å²) in [6, 6.07) is 10.2. The van der Waals surface area contributed by atoms with Crippen molar-refractivity contribution < 1.29 is 24.9 Å². The number of fused-ring (bicyclic) bond motifs is 1. The van der Waals surface area contributed by atoms with Gasteiger partial charge in [-0.1, -0.05) is 81.7 Å². The first-order valence-corrected chi connectivity index (χ1v) is 23.3. The van der Waals surface area contributed by atoms with Gasteiger partial charge in [-0.05, 0) is 142 Å². The van der Waals surface area contributed by atoms with Crippen LogP contribution in [0.25, 0.3) is 0 Å². The second-order valence-corrected chi connectivity index (χ2v) is 22.3. The van der Waals surface area contributed by atoms with E-state index in [1.54, 1.807) is 0 Å². The molecular weight excluding hydrogens is 695 g/mol. The molecule has 3 N–H and O–H groups in total. The number of ketones is 1. The normalized spacial score (nSPS) is 46.7. The molecule has 8 fully saturated rings. The third-order valence-corrected chi connectivity index (χ3v) is 19.1. The van der Waals surface area contributed by atoms with E-state index in [1.807, 2.05) is 18.2 Å². The summed E-state index contributed by atoms with van der Waals surface area (Å²) in [7, 11) is 0. The molecule has 56 heavy (non-hydrogen) atoms. The monoisotopic (exact) mass is 766 g/mol. The average Bonchev–Trinajstić information content (AvgIpc) is 3.44. The molecule has 0 heterocycles. The van der Waals surface area contributed by atoms with Crippen molar-refractivity contribution in [1.82, 2.24) is 4.90 Å². The molecule has 1 aromatic rings. The van der Waals surface area contributed by atoms with Crippen molar-refractivity contribution in [3.63, 3.8) is 0 Å². The second kappa shape index (κ2) is 13.9. The molecule has 9 atom stereocenters. The van der Waals surface area contributed by atoms with Crippen LogP contribution in [0.4, 0.5) is 0 Å². The molecule has 11 aliphatic carbocycles. The lowest BCUT2D eigenvalue weighted by Crippen LogP contribution is -2.67. The molecule has 6 bridgehead atoms. The standard InChI is InChI=1S/C50H71NO5/c1-45-16-13-39(52)27-48(45)19-20-50(41(28-48)44(54)38-11-7-4-8-12-38)42(45)14-17-46(2)43(50)15-18-49(46,55)33-51(29-40(53)31-56-30-34-9-5-3-6-10-34)32-47-24-35-21-36(25-47)23-37(22-35)26-47/h3,5-6,9-10,19-20,28,35-40,42-43,52-53,55H,4,7-8,11-18,21-27,29-33H2,1-2H3. The molecule has 6 nitrogen and oxygen atoms in total. The predicted octanol–water partition coefficient (Wildman–Crippen LogP) is 8.82. The van der Waals surface area contributed by atoms with Gasteiger partial charge in [0.1, 0.15) is 0 Å². The van der Waals surface area contributed by atoms with E-state index in [-0.39, 0.29) is 51.6 Å². The third kappa shape index (κ3) is 5.90. The molecule has 8 saturated carbocycles. The number of hydrogen-bond acceptors (Lipinski definition) is 6. The number of ether oxygens (including phenoxy) is 1. The van der Waals surface area contributed by atoms with Gasteiger partial charge in [-0.25, -0.2) is 0 Å². The summed E-state index contributed by atoms with van der Waals surface area (Å²) in [5, 5.41) is 36.3. The Balaban J connectivity index is 0.962. The van der Waals surface area contributed by atoms with Gasteiger partial charge in [0.2, 0.25) is 0 Å². The summed E-state index contributed by atoms with van der Waals surface area (Å²) in [6.07, 6.45) is 26.2. The maximum Gasteiger partial charge on any atom is 0.162 e. The Morgan fingerprint density at radius 2 is 1.48 bits per heavy atom. The molecule has 6 heteroatoms. The van der Waals surface area contributed by atoms with Gasteiger partial charge in [0.05, 0.1) is 31.0 Å². The van der Waals surface area contributed by atoms with E-state index >= 15 is 4.79 Å². The smallest absolute Gasteiger partial charge is 0.162 e. The summed E-state index contributed by atoms with van der Waals surface area (Å²) in [5.41, 5.74) is 0.528. The van der Waals surface area contributed by atoms with Crippen LogP contribution in [-0.4, -0.2) is 70.1 Å². The zero-order chi connectivity index (χ0) is 38.6. The summed E-state index contributed by atoms with van der Waals surface area (Å²) in [4.78, 5) is 17.6. The first-order chi connectivity index (χ1) is 26.9. The predicted molar refractivity (Wildman–Crippen MR) is 219 cm³/mol. The van der Waals surface area contributed by atoms with Crippen LogP contribution in [0.5, 0.6) is 0 Å². The molecule has 12 rings (SSSR count). The molecule has 0 aliphatic heterocycles. The van der Waals surface area contributed by atoms with E-state index in [9.17, 15) is 15.3 Å². The van der Waals surface area contributed by atoms with Crippen molar-refractivity contribution in [2.75, 3.05) is 26.2 Å². The van der Waals surface area contributed by atoms with Gasteiger partial charge in [-0.3, -0.25) is 9.69 Å². The lowest BCUT2D eigenvalue weighted by atomic mass is 9.32. The maximum absolute atomic E-state index is 15.1. The maximum atomic E-state index is 15.1. The SMILES string of the molecule is CC12CCC(O)CC13C=CC1(C(C(=O)C4CCCCC4)=C3)C2CCC2(C)C1CCC2(O)CN(CC(O)COCc1ccccc1)CC12CC3CC(CC(C3)C1)C2. The number of rotatable bonds is 12. The Hall–Kier alpha value is -1.83. The number of hydrogen-bond donors (Lipinski definition) is 3. The van der Waals surface area contributed by atoms with Crippen molar-refractivity contribution in [2.24, 2.45) is 62.6 Å². The van der Waals surface area contributed by atoms with Crippen LogP contribution in [0.1, 0.15) is 135 Å². The highest BCUT2D eigenvalue weighted by Crippen LogP contribution is 2.78. The highest BCUT2D eigenvalue weighted by atomic mass is 16.5. The minimum Gasteiger partial charge on any atom is -0.393 e. The van der Waals surface area contributed by atoms with Gasteiger partial charge in [0.15, 0.2) is 5.78 Å². The van der Waals surface area contributed by atoms with Crippen LogP contribution in [0.2, 0.25) is 0 Å². The molecule has 1 aromatic carbocycles. The lowest BCUT2D eigenvalue weighted by Gasteiger charge is -2.71. The molecule has 0 amide bonds. The van der Waals surface area contributed by atoms with Crippen LogP contribution in [0.15, 0.2) is 54.1 Å². The molecule has 0 aromatic heterocycles. The summed E-state index contributed by atoms with van der Waals surface area (Å²) >= 11 is 0. The van der Waals surface area contributed by atoms with E-state index in [4.69, 9.17) is 4.74 Å². The first kappa shape index (κ1) is 38.4. The van der Waals surface area contributed by atoms with Crippen LogP contribution in [0.3, 0.4) is 0 Å². The Bertz CT molecular complexity index is 1680. The highest BCUT2D eigenvalue weighted by molar-refractivity contribution is 6.00. The summed E-state index contributed by atoms with van der Waals surface area (Å²) < 4.78 is 6.11. The van der Waals surface area contributed by atoms with Crippen LogP contribution < -0.4 is 0 Å².